The van der Waals surface area contributed by atoms with E-state index in [2.05, 4.69) is 10.6 Å². The molecule has 5 N–H and O–H groups in total. The summed E-state index contributed by atoms with van der Waals surface area (Å²) < 4.78 is 17.4. The van der Waals surface area contributed by atoms with Crippen LogP contribution >= 0.6 is 0 Å². The third-order valence-corrected chi connectivity index (χ3v) is 5.71. The predicted octanol–water partition coefficient (Wildman–Crippen LogP) is -1.76. The van der Waals surface area contributed by atoms with Gasteiger partial charge in [0.2, 0.25) is 6.29 Å². The highest BCUT2D eigenvalue weighted by atomic mass is 16.8. The summed E-state index contributed by atoms with van der Waals surface area (Å²) in [4.78, 5) is 12.6. The fourth-order valence-electron chi connectivity index (χ4n) is 4.19. The highest BCUT2D eigenvalue weighted by molar-refractivity contribution is 5.87. The maximum absolute atomic E-state index is 12.6. The molecule has 0 aromatic heterocycles. The highest BCUT2D eigenvalue weighted by Gasteiger charge is 2.63. The van der Waals surface area contributed by atoms with E-state index in [1.165, 1.54) is 0 Å². The molecular weight excluding hydrogens is 344 g/mol. The Morgan fingerprint density at radius 2 is 1.81 bits per heavy atom. The summed E-state index contributed by atoms with van der Waals surface area (Å²) in [5.74, 6) is -2.73. The van der Waals surface area contributed by atoms with E-state index in [1.54, 1.807) is 14.1 Å². The first-order chi connectivity index (χ1) is 12.4. The maximum Gasteiger partial charge on any atom is 0.280 e. The third-order valence-electron chi connectivity index (χ3n) is 5.71. The van der Waals surface area contributed by atoms with Gasteiger partial charge in [0, 0.05) is 6.42 Å². The largest absolute Gasteiger partial charge is 0.390 e. The van der Waals surface area contributed by atoms with Crippen LogP contribution in [0.5, 0.6) is 0 Å². The molecule has 0 bridgehead atoms. The number of carbonyl (C=O) groups is 1. The number of carbonyl (C=O) groups excluding carboxylic acids is 1. The van der Waals surface area contributed by atoms with E-state index in [9.17, 15) is 20.1 Å². The number of likely N-dealkylation sites (N-methyl/N-ethyl adjacent to an activating group) is 2. The minimum absolute atomic E-state index is 0.0439. The zero-order chi connectivity index (χ0) is 19.1. The van der Waals surface area contributed by atoms with Gasteiger partial charge >= 0.3 is 0 Å². The molecule has 2 heterocycles. The quantitative estimate of drug-likeness (QED) is 0.380. The molecule has 3 fully saturated rings. The van der Waals surface area contributed by atoms with Gasteiger partial charge in [0.05, 0.1) is 24.3 Å². The van der Waals surface area contributed by atoms with Crippen molar-refractivity contribution in [3.05, 3.63) is 0 Å². The van der Waals surface area contributed by atoms with Crippen LogP contribution in [0.3, 0.4) is 0 Å². The van der Waals surface area contributed by atoms with Gasteiger partial charge in [-0.05, 0) is 20.5 Å². The van der Waals surface area contributed by atoms with Crippen molar-refractivity contribution in [2.45, 2.75) is 87.3 Å². The van der Waals surface area contributed by atoms with E-state index >= 15 is 0 Å². The van der Waals surface area contributed by atoms with Crippen LogP contribution in [-0.2, 0) is 19.0 Å². The Hall–Kier alpha value is -0.650. The molecular formula is C17H30N2O7. The van der Waals surface area contributed by atoms with Gasteiger partial charge in [-0.1, -0.05) is 19.8 Å². The monoisotopic (exact) mass is 374 g/mol. The number of ether oxygens (including phenoxy) is 3. The number of unbranched alkanes of at least 4 members (excludes halogenated alkanes) is 1. The molecule has 0 aromatic rings. The minimum atomic E-state index is -2.23. The zero-order valence-electron chi connectivity index (χ0n) is 15.4. The van der Waals surface area contributed by atoms with Gasteiger partial charge in [-0.25, -0.2) is 0 Å². The highest BCUT2D eigenvalue weighted by Crippen LogP contribution is 2.40. The average molecular weight is 374 g/mol. The van der Waals surface area contributed by atoms with Crippen LogP contribution in [-0.4, -0.2) is 89.9 Å². The molecule has 0 radical (unpaired) electrons. The zero-order valence-corrected chi connectivity index (χ0v) is 15.4. The van der Waals surface area contributed by atoms with Gasteiger partial charge in [-0.2, -0.15) is 0 Å². The molecule has 1 aliphatic carbocycles. The molecule has 3 rings (SSSR count). The Morgan fingerprint density at radius 3 is 2.42 bits per heavy atom. The lowest BCUT2D eigenvalue weighted by Crippen LogP contribution is -2.77. The number of aliphatic hydroxyl groups is 3. The lowest BCUT2D eigenvalue weighted by molar-refractivity contribution is -0.421. The van der Waals surface area contributed by atoms with Gasteiger partial charge in [-0.3, -0.25) is 4.79 Å². The Bertz CT molecular complexity index is 521. The summed E-state index contributed by atoms with van der Waals surface area (Å²) in [7, 11) is 3.26. The van der Waals surface area contributed by atoms with E-state index in [0.29, 0.717) is 6.42 Å². The molecule has 0 amide bonds. The number of fused-ring (bicyclic) bond motifs is 2. The Balaban J connectivity index is 1.84. The smallest absolute Gasteiger partial charge is 0.280 e. The van der Waals surface area contributed by atoms with Crippen molar-refractivity contribution in [2.75, 3.05) is 14.1 Å². The van der Waals surface area contributed by atoms with Crippen molar-refractivity contribution in [1.82, 2.24) is 10.6 Å². The summed E-state index contributed by atoms with van der Waals surface area (Å²) in [6, 6.07) is -1.30. The lowest BCUT2D eigenvalue weighted by Gasteiger charge is -2.55. The minimum Gasteiger partial charge on any atom is -0.390 e. The van der Waals surface area contributed by atoms with Crippen molar-refractivity contribution >= 4 is 5.78 Å². The normalized spacial score (nSPS) is 48.8. The van der Waals surface area contributed by atoms with E-state index in [0.717, 1.165) is 12.8 Å². The summed E-state index contributed by atoms with van der Waals surface area (Å²) >= 11 is 0. The number of aliphatic hydroxyl groups excluding tert-OH is 2. The Kier molecular flexibility index (Phi) is 6.00. The molecule has 2 saturated heterocycles. The molecule has 9 heteroatoms. The SMILES string of the molecule is CCCC[C@@H]1CC(=O)[C@]2(O)O[C@@H]3[C@@H](NC)[C@@H](O)[C@@H](NC)[C@H](O)[C@H]3O[C@H]2O1. The van der Waals surface area contributed by atoms with Crippen molar-refractivity contribution < 1.29 is 34.3 Å². The van der Waals surface area contributed by atoms with Crippen LogP contribution in [0.2, 0.25) is 0 Å². The van der Waals surface area contributed by atoms with Crippen molar-refractivity contribution in [2.24, 2.45) is 0 Å². The molecule has 1 saturated carbocycles. The van der Waals surface area contributed by atoms with Gasteiger partial charge in [-0.15, -0.1) is 0 Å². The van der Waals surface area contributed by atoms with Gasteiger partial charge in [0.1, 0.15) is 18.3 Å². The first-order valence-corrected chi connectivity index (χ1v) is 9.32. The van der Waals surface area contributed by atoms with Crippen LogP contribution in [0.15, 0.2) is 0 Å². The number of hydrogen-bond donors (Lipinski definition) is 5. The van der Waals surface area contributed by atoms with Crippen LogP contribution in [0.4, 0.5) is 0 Å². The molecule has 3 aliphatic rings. The van der Waals surface area contributed by atoms with Gasteiger partial charge in [0.15, 0.2) is 5.78 Å². The lowest BCUT2D eigenvalue weighted by atomic mass is 9.80. The maximum atomic E-state index is 12.6. The first-order valence-electron chi connectivity index (χ1n) is 9.32. The molecule has 9 atom stereocenters. The first kappa shape index (κ1) is 20.1. The number of nitrogens with one attached hydrogen (secondary N) is 2. The number of hydrogen-bond acceptors (Lipinski definition) is 9. The number of Topliss-reactive ketones (excluding diaryl/α,β-unsaturated/α-hetero) is 1. The summed E-state index contributed by atoms with van der Waals surface area (Å²) in [5, 5.41) is 37.8. The van der Waals surface area contributed by atoms with Crippen LogP contribution in [0.25, 0.3) is 0 Å². The van der Waals surface area contributed by atoms with Crippen LogP contribution in [0, 0.1) is 0 Å². The van der Waals surface area contributed by atoms with Crippen molar-refractivity contribution in [1.29, 1.82) is 0 Å². The fourth-order valence-corrected chi connectivity index (χ4v) is 4.19. The Labute approximate surface area is 153 Å². The van der Waals surface area contributed by atoms with Gasteiger partial charge in [0.25, 0.3) is 5.79 Å². The van der Waals surface area contributed by atoms with E-state index < -0.39 is 54.4 Å². The van der Waals surface area contributed by atoms with E-state index in [4.69, 9.17) is 14.2 Å². The standard InChI is InChI=1S/C17H30N2O7/c1-4-5-6-8-7-9(20)17(23)16(24-8)25-15-13(22)10(18-2)12(21)11(19-3)14(15)26-17/h8,10-16,18-19,21-23H,4-7H2,1-3H3/t8-,10-,11+,12+,13+,14-,15-,16-,17+/m1/s1. The van der Waals surface area contributed by atoms with E-state index in [1.807, 2.05) is 6.92 Å². The molecule has 9 nitrogen and oxygen atoms in total. The Morgan fingerprint density at radius 1 is 1.12 bits per heavy atom. The van der Waals surface area contributed by atoms with Crippen molar-refractivity contribution in [3.8, 4) is 0 Å². The summed E-state index contributed by atoms with van der Waals surface area (Å²) in [5.41, 5.74) is 0. The molecule has 150 valence electrons. The van der Waals surface area contributed by atoms with Crippen molar-refractivity contribution in [3.63, 3.8) is 0 Å². The van der Waals surface area contributed by atoms with Gasteiger partial charge < -0.3 is 40.2 Å². The number of ketones is 1. The molecule has 2 aliphatic heterocycles. The average Bonchev–Trinajstić information content (AvgIpc) is 2.61. The van der Waals surface area contributed by atoms with E-state index in [-0.39, 0.29) is 12.5 Å². The molecule has 0 spiro atoms. The second-order valence-corrected chi connectivity index (χ2v) is 7.35. The fraction of sp³-hybridized carbons (Fsp3) is 0.941. The second kappa shape index (κ2) is 7.76. The molecule has 26 heavy (non-hydrogen) atoms. The summed E-state index contributed by atoms with van der Waals surface area (Å²) in [6.45, 7) is 2.05. The second-order valence-electron chi connectivity index (χ2n) is 7.35. The molecule has 0 unspecified atom stereocenters. The molecule has 0 aromatic carbocycles. The van der Waals surface area contributed by atoms with Crippen LogP contribution in [0.1, 0.15) is 32.6 Å². The third kappa shape index (κ3) is 3.20. The topological polar surface area (TPSA) is 130 Å². The number of rotatable bonds is 5. The predicted molar refractivity (Wildman–Crippen MR) is 90.2 cm³/mol. The van der Waals surface area contributed by atoms with Crippen LogP contribution < -0.4 is 10.6 Å². The summed E-state index contributed by atoms with van der Waals surface area (Å²) in [6.07, 6.45) is -2.92.